The van der Waals surface area contributed by atoms with E-state index in [9.17, 15) is 9.90 Å². The summed E-state index contributed by atoms with van der Waals surface area (Å²) < 4.78 is 0. The van der Waals surface area contributed by atoms with Gasteiger partial charge in [-0.05, 0) is 0 Å². The fraction of sp³-hybridized carbons (Fsp3) is 0.889. The van der Waals surface area contributed by atoms with Crippen LogP contribution in [0.1, 0.15) is 0 Å². The highest BCUT2D eigenvalue weighted by atomic mass is 35.5. The number of aliphatic hydroxyl groups is 1. The standard InChI is InChI=1S/C9H18N4O2.ClH/c14-8(13-3-1-10-2-4-13)12-7-9(15)5-11-6-9;/h10-11,15H,1-7H2,(H,12,14);1H. The van der Waals surface area contributed by atoms with E-state index < -0.39 is 5.60 Å². The van der Waals surface area contributed by atoms with Crippen molar-refractivity contribution in [3.8, 4) is 0 Å². The minimum absolute atomic E-state index is 0. The summed E-state index contributed by atoms with van der Waals surface area (Å²) in [7, 11) is 0. The molecule has 2 aliphatic heterocycles. The van der Waals surface area contributed by atoms with Crippen LogP contribution in [0.5, 0.6) is 0 Å². The Labute approximate surface area is 101 Å². The summed E-state index contributed by atoms with van der Waals surface area (Å²) in [6.07, 6.45) is 0. The Morgan fingerprint density at radius 1 is 1.31 bits per heavy atom. The Morgan fingerprint density at radius 3 is 2.44 bits per heavy atom. The molecule has 2 fully saturated rings. The molecular formula is C9H19ClN4O2. The summed E-state index contributed by atoms with van der Waals surface area (Å²) in [6, 6.07) is -0.0724. The molecule has 0 radical (unpaired) electrons. The number of amides is 2. The Kier molecular flexibility index (Phi) is 4.79. The van der Waals surface area contributed by atoms with Crippen molar-refractivity contribution in [3.63, 3.8) is 0 Å². The average Bonchev–Trinajstić information content (AvgIpc) is 2.24. The Morgan fingerprint density at radius 2 is 1.94 bits per heavy atom. The Hall–Kier alpha value is -0.560. The maximum Gasteiger partial charge on any atom is 0.317 e. The molecular weight excluding hydrogens is 232 g/mol. The molecule has 0 aromatic rings. The third-order valence-corrected chi connectivity index (χ3v) is 2.88. The molecule has 0 aromatic carbocycles. The summed E-state index contributed by atoms with van der Waals surface area (Å²) in [5.41, 5.74) is -0.732. The first-order chi connectivity index (χ1) is 7.20. The van der Waals surface area contributed by atoms with E-state index in [1.165, 1.54) is 0 Å². The summed E-state index contributed by atoms with van der Waals surface area (Å²) in [5.74, 6) is 0. The molecule has 7 heteroatoms. The highest BCUT2D eigenvalue weighted by molar-refractivity contribution is 5.85. The second-order valence-electron chi connectivity index (χ2n) is 4.22. The molecule has 0 unspecified atom stereocenters. The number of piperazine rings is 1. The van der Waals surface area contributed by atoms with Crippen molar-refractivity contribution in [1.29, 1.82) is 0 Å². The number of urea groups is 1. The monoisotopic (exact) mass is 250 g/mol. The number of rotatable bonds is 2. The molecule has 0 aliphatic carbocycles. The first-order valence-corrected chi connectivity index (χ1v) is 5.36. The third-order valence-electron chi connectivity index (χ3n) is 2.88. The third kappa shape index (κ3) is 3.21. The summed E-state index contributed by atoms with van der Waals surface area (Å²) in [6.45, 7) is 4.63. The van der Waals surface area contributed by atoms with E-state index in [0.29, 0.717) is 19.6 Å². The van der Waals surface area contributed by atoms with Crippen LogP contribution in [0.3, 0.4) is 0 Å². The van der Waals surface area contributed by atoms with Crippen molar-refractivity contribution in [1.82, 2.24) is 20.9 Å². The molecule has 0 saturated carbocycles. The maximum absolute atomic E-state index is 11.6. The van der Waals surface area contributed by atoms with Crippen molar-refractivity contribution in [2.24, 2.45) is 0 Å². The van der Waals surface area contributed by atoms with Crippen LogP contribution in [-0.4, -0.2) is 67.5 Å². The SMILES string of the molecule is Cl.O=C(NCC1(O)CNC1)N1CCNCC1. The molecule has 0 spiro atoms. The van der Waals surface area contributed by atoms with Crippen LogP contribution in [0.25, 0.3) is 0 Å². The number of β-amino-alcohol motifs (C(OH)–C–C–N with tert-alkyl or cyclic N) is 1. The zero-order chi connectivity index (χ0) is 10.7. The lowest BCUT2D eigenvalue weighted by Gasteiger charge is -2.38. The second kappa shape index (κ2) is 5.67. The zero-order valence-corrected chi connectivity index (χ0v) is 9.98. The Balaban J connectivity index is 0.00000128. The molecule has 4 N–H and O–H groups in total. The lowest BCUT2D eigenvalue weighted by Crippen LogP contribution is -2.65. The molecule has 2 aliphatic rings. The van der Waals surface area contributed by atoms with Crippen LogP contribution in [0, 0.1) is 0 Å². The van der Waals surface area contributed by atoms with Gasteiger partial charge >= 0.3 is 6.03 Å². The van der Waals surface area contributed by atoms with E-state index in [2.05, 4.69) is 16.0 Å². The van der Waals surface area contributed by atoms with Gasteiger partial charge in [0.05, 0.1) is 6.54 Å². The predicted octanol–water partition coefficient (Wildman–Crippen LogP) is -1.64. The number of hydrogen-bond donors (Lipinski definition) is 4. The zero-order valence-electron chi connectivity index (χ0n) is 9.16. The van der Waals surface area contributed by atoms with Crippen LogP contribution < -0.4 is 16.0 Å². The smallest absolute Gasteiger partial charge is 0.317 e. The molecule has 0 bridgehead atoms. The first-order valence-electron chi connectivity index (χ1n) is 5.36. The van der Waals surface area contributed by atoms with Gasteiger partial charge < -0.3 is 26.0 Å². The van der Waals surface area contributed by atoms with Crippen molar-refractivity contribution in [3.05, 3.63) is 0 Å². The maximum atomic E-state index is 11.6. The minimum atomic E-state index is -0.732. The van der Waals surface area contributed by atoms with Crippen LogP contribution in [-0.2, 0) is 0 Å². The summed E-state index contributed by atoms with van der Waals surface area (Å²) >= 11 is 0. The number of carbonyl (C=O) groups is 1. The molecule has 0 atom stereocenters. The van der Waals surface area contributed by atoms with Gasteiger partial charge in [-0.15, -0.1) is 12.4 Å². The van der Waals surface area contributed by atoms with E-state index in [4.69, 9.17) is 0 Å². The van der Waals surface area contributed by atoms with Gasteiger partial charge in [-0.2, -0.15) is 0 Å². The lowest BCUT2D eigenvalue weighted by molar-refractivity contribution is -0.00703. The molecule has 16 heavy (non-hydrogen) atoms. The fourth-order valence-corrected chi connectivity index (χ4v) is 1.76. The number of hydrogen-bond acceptors (Lipinski definition) is 4. The topological polar surface area (TPSA) is 76.6 Å². The van der Waals surface area contributed by atoms with E-state index in [0.717, 1.165) is 26.2 Å². The van der Waals surface area contributed by atoms with Gasteiger partial charge in [-0.3, -0.25) is 0 Å². The molecule has 6 nitrogen and oxygen atoms in total. The Bertz CT molecular complexity index is 242. The average molecular weight is 251 g/mol. The number of nitrogens with zero attached hydrogens (tertiary/aromatic N) is 1. The molecule has 0 aromatic heterocycles. The molecule has 2 rings (SSSR count). The van der Waals surface area contributed by atoms with Crippen LogP contribution in [0.4, 0.5) is 4.79 Å². The highest BCUT2D eigenvalue weighted by Gasteiger charge is 2.34. The largest absolute Gasteiger partial charge is 0.385 e. The van der Waals surface area contributed by atoms with Crippen molar-refractivity contribution in [2.45, 2.75) is 5.60 Å². The first kappa shape index (κ1) is 13.5. The molecule has 94 valence electrons. The van der Waals surface area contributed by atoms with Gasteiger partial charge in [0, 0.05) is 39.3 Å². The highest BCUT2D eigenvalue weighted by Crippen LogP contribution is 2.08. The molecule has 2 heterocycles. The molecule has 2 saturated heterocycles. The van der Waals surface area contributed by atoms with Gasteiger partial charge in [0.1, 0.15) is 5.60 Å². The number of nitrogens with one attached hydrogen (secondary N) is 3. The lowest BCUT2D eigenvalue weighted by atomic mass is 9.98. The number of halogens is 1. The van der Waals surface area contributed by atoms with Gasteiger partial charge in [0.2, 0.25) is 0 Å². The van der Waals surface area contributed by atoms with Gasteiger partial charge in [-0.1, -0.05) is 0 Å². The summed E-state index contributed by atoms with van der Waals surface area (Å²) in [4.78, 5) is 13.4. The van der Waals surface area contributed by atoms with E-state index in [-0.39, 0.29) is 18.4 Å². The van der Waals surface area contributed by atoms with Crippen molar-refractivity contribution >= 4 is 18.4 Å². The van der Waals surface area contributed by atoms with Crippen LogP contribution in [0.15, 0.2) is 0 Å². The molecule has 2 amide bonds. The number of carbonyl (C=O) groups excluding carboxylic acids is 1. The van der Waals surface area contributed by atoms with E-state index in [1.807, 2.05) is 0 Å². The second-order valence-corrected chi connectivity index (χ2v) is 4.22. The van der Waals surface area contributed by atoms with Gasteiger partial charge in [0.15, 0.2) is 0 Å². The fourth-order valence-electron chi connectivity index (χ4n) is 1.76. The quantitative estimate of drug-likeness (QED) is 0.474. The van der Waals surface area contributed by atoms with E-state index in [1.54, 1.807) is 4.90 Å². The van der Waals surface area contributed by atoms with Crippen LogP contribution in [0.2, 0.25) is 0 Å². The normalized spacial score (nSPS) is 22.9. The van der Waals surface area contributed by atoms with Crippen molar-refractivity contribution in [2.75, 3.05) is 45.8 Å². The summed E-state index contributed by atoms with van der Waals surface area (Å²) in [5, 5.41) is 18.7. The predicted molar refractivity (Wildman–Crippen MR) is 62.9 cm³/mol. The van der Waals surface area contributed by atoms with Gasteiger partial charge in [0.25, 0.3) is 0 Å². The van der Waals surface area contributed by atoms with Crippen LogP contribution >= 0.6 is 12.4 Å². The van der Waals surface area contributed by atoms with Gasteiger partial charge in [-0.25, -0.2) is 4.79 Å². The van der Waals surface area contributed by atoms with E-state index >= 15 is 0 Å². The minimum Gasteiger partial charge on any atom is -0.385 e. The van der Waals surface area contributed by atoms with Crippen molar-refractivity contribution < 1.29 is 9.90 Å².